The van der Waals surface area contributed by atoms with E-state index >= 15 is 0 Å². The van der Waals surface area contributed by atoms with E-state index in [0.717, 1.165) is 4.31 Å². The van der Waals surface area contributed by atoms with Gasteiger partial charge in [0.1, 0.15) is 11.5 Å². The number of hydrogen-bond acceptors (Lipinski definition) is 5. The number of hydrogen-bond donors (Lipinski definition) is 0. The molecule has 4 rings (SSSR count). The molecule has 0 aliphatic carbocycles. The van der Waals surface area contributed by atoms with Crippen LogP contribution in [0.15, 0.2) is 99.1 Å². The van der Waals surface area contributed by atoms with Crippen LogP contribution >= 0.6 is 11.6 Å². The Morgan fingerprint density at radius 1 is 0.879 bits per heavy atom. The summed E-state index contributed by atoms with van der Waals surface area (Å²) in [6.45, 7) is 0.401. The predicted molar refractivity (Wildman–Crippen MR) is 124 cm³/mol. The standard InChI is InChI=1S/C24H21ClN2O5S/c1-26(20-8-3-7-19(25)15-20)33(29,30)23-11-2-6-18(14-23)24(28)27(16-21-9-4-12-31-21)17-22-10-5-13-32-22/h2-15H,16-17H2,1H3. The molecule has 2 aromatic heterocycles. The van der Waals surface area contributed by atoms with E-state index < -0.39 is 10.0 Å². The van der Waals surface area contributed by atoms with Crippen LogP contribution in [0.2, 0.25) is 5.02 Å². The molecular weight excluding hydrogens is 464 g/mol. The van der Waals surface area contributed by atoms with Gasteiger partial charge in [-0.15, -0.1) is 0 Å². The van der Waals surface area contributed by atoms with Gasteiger partial charge in [-0.2, -0.15) is 0 Å². The normalized spacial score (nSPS) is 11.3. The molecule has 33 heavy (non-hydrogen) atoms. The first-order chi connectivity index (χ1) is 15.8. The van der Waals surface area contributed by atoms with Crippen LogP contribution in [0.5, 0.6) is 0 Å². The van der Waals surface area contributed by atoms with Crippen LogP contribution in [-0.2, 0) is 23.1 Å². The molecule has 0 spiro atoms. The van der Waals surface area contributed by atoms with Crippen molar-refractivity contribution >= 4 is 33.2 Å². The number of carbonyl (C=O) groups excluding carboxylic acids is 1. The summed E-state index contributed by atoms with van der Waals surface area (Å²) in [5.41, 5.74) is 0.644. The van der Waals surface area contributed by atoms with Crippen molar-refractivity contribution < 1.29 is 22.0 Å². The molecule has 0 N–H and O–H groups in total. The number of halogens is 1. The minimum Gasteiger partial charge on any atom is -0.467 e. The minimum atomic E-state index is -3.92. The Bertz CT molecular complexity index is 1300. The zero-order valence-electron chi connectivity index (χ0n) is 17.7. The molecule has 2 aromatic carbocycles. The maximum Gasteiger partial charge on any atom is 0.264 e. The van der Waals surface area contributed by atoms with Gasteiger partial charge < -0.3 is 13.7 Å². The second-order valence-electron chi connectivity index (χ2n) is 7.30. The van der Waals surface area contributed by atoms with Gasteiger partial charge in [0, 0.05) is 17.6 Å². The average molecular weight is 485 g/mol. The van der Waals surface area contributed by atoms with Gasteiger partial charge in [-0.25, -0.2) is 8.42 Å². The summed E-state index contributed by atoms with van der Waals surface area (Å²) in [7, 11) is -2.48. The van der Waals surface area contributed by atoms with Crippen LogP contribution in [-0.4, -0.2) is 26.3 Å². The van der Waals surface area contributed by atoms with Crippen LogP contribution in [0.4, 0.5) is 5.69 Å². The van der Waals surface area contributed by atoms with Crippen LogP contribution in [0.3, 0.4) is 0 Å². The number of benzene rings is 2. The Balaban J connectivity index is 1.63. The molecule has 1 amide bonds. The molecule has 0 saturated heterocycles. The second kappa shape index (κ2) is 9.56. The zero-order chi connectivity index (χ0) is 23.4. The molecule has 7 nitrogen and oxygen atoms in total. The summed E-state index contributed by atoms with van der Waals surface area (Å²) in [6, 6.07) is 19.5. The lowest BCUT2D eigenvalue weighted by atomic mass is 10.2. The molecule has 0 fully saturated rings. The quantitative estimate of drug-likeness (QED) is 0.343. The number of anilines is 1. The van der Waals surface area contributed by atoms with Crippen molar-refractivity contribution in [2.24, 2.45) is 0 Å². The maximum absolute atomic E-state index is 13.4. The lowest BCUT2D eigenvalue weighted by Gasteiger charge is -2.22. The Kier molecular flexibility index (Phi) is 6.57. The van der Waals surface area contributed by atoms with Crippen LogP contribution < -0.4 is 4.31 Å². The van der Waals surface area contributed by atoms with Crippen LogP contribution in [0.25, 0.3) is 0 Å². The Hall–Kier alpha value is -3.49. The Morgan fingerprint density at radius 2 is 1.52 bits per heavy atom. The van der Waals surface area contributed by atoms with Gasteiger partial charge in [0.2, 0.25) is 0 Å². The fraction of sp³-hybridized carbons (Fsp3) is 0.125. The van der Waals surface area contributed by atoms with Crippen molar-refractivity contribution in [2.75, 3.05) is 11.4 Å². The fourth-order valence-electron chi connectivity index (χ4n) is 3.32. The van der Waals surface area contributed by atoms with Gasteiger partial charge in [-0.3, -0.25) is 9.10 Å². The summed E-state index contributed by atoms with van der Waals surface area (Å²) < 4.78 is 38.4. The monoisotopic (exact) mass is 484 g/mol. The van der Waals surface area contributed by atoms with Crippen molar-refractivity contribution in [3.8, 4) is 0 Å². The molecule has 0 unspecified atom stereocenters. The van der Waals surface area contributed by atoms with Crippen LogP contribution in [0.1, 0.15) is 21.9 Å². The Labute approximate surface area is 196 Å². The van der Waals surface area contributed by atoms with Crippen molar-refractivity contribution in [1.29, 1.82) is 0 Å². The van der Waals surface area contributed by atoms with Gasteiger partial charge in [-0.05, 0) is 60.7 Å². The maximum atomic E-state index is 13.4. The number of carbonyl (C=O) groups is 1. The summed E-state index contributed by atoms with van der Waals surface area (Å²) in [5.74, 6) is 0.837. The van der Waals surface area contributed by atoms with E-state index in [9.17, 15) is 13.2 Å². The number of furan rings is 2. The highest BCUT2D eigenvalue weighted by Gasteiger charge is 2.25. The van der Waals surface area contributed by atoms with Gasteiger partial charge >= 0.3 is 0 Å². The lowest BCUT2D eigenvalue weighted by Crippen LogP contribution is -2.30. The number of rotatable bonds is 8. The summed E-state index contributed by atoms with van der Waals surface area (Å²) in [4.78, 5) is 14.9. The molecule has 0 atom stereocenters. The summed E-state index contributed by atoms with van der Waals surface area (Å²) >= 11 is 6.02. The van der Waals surface area contributed by atoms with Crippen molar-refractivity contribution in [2.45, 2.75) is 18.0 Å². The molecule has 2 heterocycles. The highest BCUT2D eigenvalue weighted by Crippen LogP contribution is 2.25. The van der Waals surface area contributed by atoms with E-state index in [-0.39, 0.29) is 29.5 Å². The molecule has 0 aliphatic rings. The highest BCUT2D eigenvalue weighted by atomic mass is 35.5. The molecule has 4 aromatic rings. The third-order valence-corrected chi connectivity index (χ3v) is 7.07. The molecule has 170 valence electrons. The third-order valence-electron chi connectivity index (χ3n) is 5.05. The molecule has 9 heteroatoms. The van der Waals surface area contributed by atoms with Crippen molar-refractivity contribution in [3.63, 3.8) is 0 Å². The largest absolute Gasteiger partial charge is 0.467 e. The van der Waals surface area contributed by atoms with E-state index in [1.807, 2.05) is 0 Å². The van der Waals surface area contributed by atoms with E-state index in [1.165, 1.54) is 36.6 Å². The Morgan fingerprint density at radius 3 is 2.09 bits per heavy atom. The first-order valence-corrected chi connectivity index (χ1v) is 11.8. The average Bonchev–Trinajstić information content (AvgIpc) is 3.52. The summed E-state index contributed by atoms with van der Waals surface area (Å²) in [6.07, 6.45) is 3.06. The smallest absolute Gasteiger partial charge is 0.264 e. The molecule has 0 bridgehead atoms. The van der Waals surface area contributed by atoms with E-state index in [2.05, 4.69) is 0 Å². The molecule has 0 radical (unpaired) electrons. The van der Waals surface area contributed by atoms with E-state index in [4.69, 9.17) is 20.4 Å². The van der Waals surface area contributed by atoms with Crippen molar-refractivity contribution in [1.82, 2.24) is 4.90 Å². The first kappa shape index (κ1) is 22.7. The number of amides is 1. The second-order valence-corrected chi connectivity index (χ2v) is 9.71. The predicted octanol–water partition coefficient (Wildman–Crippen LogP) is 5.19. The van der Waals surface area contributed by atoms with E-state index in [1.54, 1.807) is 60.7 Å². The SMILES string of the molecule is CN(c1cccc(Cl)c1)S(=O)(=O)c1cccc(C(=O)N(Cc2ccco2)Cc2ccco2)c1. The van der Waals surface area contributed by atoms with Crippen molar-refractivity contribution in [3.05, 3.63) is 107 Å². The first-order valence-electron chi connectivity index (χ1n) is 10.0. The zero-order valence-corrected chi connectivity index (χ0v) is 19.3. The van der Waals surface area contributed by atoms with Gasteiger partial charge in [0.05, 0.1) is 36.2 Å². The van der Waals surface area contributed by atoms with E-state index in [0.29, 0.717) is 22.2 Å². The van der Waals surface area contributed by atoms with Crippen LogP contribution in [0, 0.1) is 0 Å². The van der Waals surface area contributed by atoms with Gasteiger partial charge in [0.25, 0.3) is 15.9 Å². The highest BCUT2D eigenvalue weighted by molar-refractivity contribution is 7.92. The molecule has 0 saturated carbocycles. The molecule has 0 aliphatic heterocycles. The van der Waals surface area contributed by atoms with Gasteiger partial charge in [0.15, 0.2) is 0 Å². The third kappa shape index (κ3) is 5.13. The van der Waals surface area contributed by atoms with Gasteiger partial charge in [-0.1, -0.05) is 23.7 Å². The lowest BCUT2D eigenvalue weighted by molar-refractivity contribution is 0.0704. The fourth-order valence-corrected chi connectivity index (χ4v) is 4.74. The number of sulfonamides is 1. The minimum absolute atomic E-state index is 0.00762. The number of nitrogens with zero attached hydrogens (tertiary/aromatic N) is 2. The molecular formula is C24H21ClN2O5S. The summed E-state index contributed by atoms with van der Waals surface area (Å²) in [5, 5.41) is 0.421. The topological polar surface area (TPSA) is 84.0 Å².